The Morgan fingerprint density at radius 1 is 0.714 bits per heavy atom. The summed E-state index contributed by atoms with van der Waals surface area (Å²) < 4.78 is -0.695. The standard InChI is InChI=1S/C13H10I3N3O9/c14-4-1(5(15)3(13(27)28)6(16)2(4)12(25)26)9(22)19(10(23)7(17)20)11(24)8(18)21/h10-11,23-24H,(H2,17,20)(H2,18,21)(H,25,26)(H,27,28). The average molecular weight is 733 g/mol. The molecule has 0 spiro atoms. The van der Waals surface area contributed by atoms with Crippen LogP contribution in [0.2, 0.25) is 0 Å². The van der Waals surface area contributed by atoms with Crippen LogP contribution in [0.25, 0.3) is 0 Å². The maximum Gasteiger partial charge on any atom is 0.337 e. The van der Waals surface area contributed by atoms with Crippen LogP contribution in [0.3, 0.4) is 0 Å². The van der Waals surface area contributed by atoms with Crippen LogP contribution >= 0.6 is 67.8 Å². The Balaban J connectivity index is 3.92. The molecule has 0 saturated carbocycles. The van der Waals surface area contributed by atoms with Gasteiger partial charge in [0.05, 0.1) is 16.7 Å². The molecule has 2 atom stereocenters. The zero-order chi connectivity index (χ0) is 22.1. The topological polar surface area (TPSA) is 222 Å². The molecule has 12 nitrogen and oxygen atoms in total. The number of hydrogen-bond acceptors (Lipinski definition) is 7. The van der Waals surface area contributed by atoms with E-state index in [0.29, 0.717) is 0 Å². The largest absolute Gasteiger partial charge is 0.478 e. The first kappa shape index (κ1) is 24.7. The van der Waals surface area contributed by atoms with Crippen molar-refractivity contribution in [2.24, 2.45) is 11.5 Å². The van der Waals surface area contributed by atoms with Gasteiger partial charge in [-0.3, -0.25) is 19.3 Å². The van der Waals surface area contributed by atoms with E-state index < -0.39 is 58.8 Å². The average Bonchev–Trinajstić information content (AvgIpc) is 2.53. The van der Waals surface area contributed by atoms with Gasteiger partial charge in [-0.25, -0.2) is 9.59 Å². The number of aliphatic hydroxyl groups excluding tert-OH is 2. The monoisotopic (exact) mass is 733 g/mol. The van der Waals surface area contributed by atoms with Crippen molar-refractivity contribution in [2.75, 3.05) is 0 Å². The van der Waals surface area contributed by atoms with E-state index in [1.807, 2.05) is 0 Å². The lowest BCUT2D eigenvalue weighted by molar-refractivity contribution is -0.152. The number of nitrogens with zero attached hydrogens (tertiary/aromatic N) is 1. The first-order valence-corrected chi connectivity index (χ1v) is 9.93. The van der Waals surface area contributed by atoms with E-state index >= 15 is 0 Å². The number of rotatable bonds is 7. The van der Waals surface area contributed by atoms with Gasteiger partial charge in [0, 0.05) is 10.7 Å². The molecule has 28 heavy (non-hydrogen) atoms. The van der Waals surface area contributed by atoms with E-state index in [1.54, 1.807) is 0 Å². The summed E-state index contributed by atoms with van der Waals surface area (Å²) in [6.45, 7) is 0. The summed E-state index contributed by atoms with van der Waals surface area (Å²) in [4.78, 5) is 58.6. The van der Waals surface area contributed by atoms with Gasteiger partial charge in [0.2, 0.25) is 12.5 Å². The number of aromatic carboxylic acids is 2. The second kappa shape index (κ2) is 9.45. The molecule has 0 saturated heterocycles. The molecule has 2 unspecified atom stereocenters. The van der Waals surface area contributed by atoms with Gasteiger partial charge in [-0.05, 0) is 67.8 Å². The SMILES string of the molecule is NC(=O)C(O)N(C(=O)c1c(I)c(C(=O)O)c(I)c(C(=O)O)c1I)C(O)C(N)=O. The lowest BCUT2D eigenvalue weighted by atomic mass is 10.0. The van der Waals surface area contributed by atoms with Crippen molar-refractivity contribution in [3.05, 3.63) is 27.4 Å². The molecule has 3 amide bonds. The number of carboxylic acids is 2. The minimum Gasteiger partial charge on any atom is -0.478 e. The zero-order valence-corrected chi connectivity index (χ0v) is 19.7. The number of hydrogen-bond donors (Lipinski definition) is 6. The van der Waals surface area contributed by atoms with Crippen LogP contribution in [-0.4, -0.2) is 67.4 Å². The molecule has 15 heteroatoms. The predicted octanol–water partition coefficient (Wildman–Crippen LogP) is -1.05. The van der Waals surface area contributed by atoms with Crippen LogP contribution < -0.4 is 11.5 Å². The highest BCUT2D eigenvalue weighted by atomic mass is 127. The Hall–Kier alpha value is -1.32. The van der Waals surface area contributed by atoms with Crippen molar-refractivity contribution in [3.63, 3.8) is 0 Å². The molecule has 0 aliphatic heterocycles. The van der Waals surface area contributed by atoms with Gasteiger partial charge in [0.1, 0.15) is 0 Å². The third kappa shape index (κ3) is 4.63. The Kier molecular flexibility index (Phi) is 8.34. The number of carbonyl (C=O) groups is 5. The second-order valence-corrected chi connectivity index (χ2v) is 8.18. The molecule has 1 aromatic carbocycles. The van der Waals surface area contributed by atoms with Gasteiger partial charge in [-0.15, -0.1) is 0 Å². The lowest BCUT2D eigenvalue weighted by Crippen LogP contribution is -2.57. The molecule has 0 fully saturated rings. The summed E-state index contributed by atoms with van der Waals surface area (Å²) in [5, 5.41) is 38.5. The van der Waals surface area contributed by atoms with Crippen LogP contribution in [0.1, 0.15) is 31.1 Å². The van der Waals surface area contributed by atoms with E-state index in [1.165, 1.54) is 67.8 Å². The Morgan fingerprint density at radius 3 is 1.25 bits per heavy atom. The minimum absolute atomic E-state index is 0.0750. The first-order chi connectivity index (χ1) is 12.7. The van der Waals surface area contributed by atoms with Crippen molar-refractivity contribution < 1.29 is 44.4 Å². The summed E-state index contributed by atoms with van der Waals surface area (Å²) in [7, 11) is 0. The molecule has 0 aliphatic carbocycles. The second-order valence-electron chi connectivity index (χ2n) is 4.94. The summed E-state index contributed by atoms with van der Waals surface area (Å²) >= 11 is 4.39. The van der Waals surface area contributed by atoms with Crippen molar-refractivity contribution in [1.82, 2.24) is 4.90 Å². The lowest BCUT2D eigenvalue weighted by Gasteiger charge is -2.30. The van der Waals surface area contributed by atoms with E-state index in [2.05, 4.69) is 0 Å². The van der Waals surface area contributed by atoms with E-state index in [0.717, 1.165) is 0 Å². The van der Waals surface area contributed by atoms with Crippen LogP contribution in [-0.2, 0) is 9.59 Å². The van der Waals surface area contributed by atoms with Gasteiger partial charge < -0.3 is 31.9 Å². The third-order valence-electron chi connectivity index (χ3n) is 3.23. The smallest absolute Gasteiger partial charge is 0.337 e. The van der Waals surface area contributed by atoms with Crippen molar-refractivity contribution in [1.29, 1.82) is 0 Å². The Morgan fingerprint density at radius 2 is 1.00 bits per heavy atom. The maximum absolute atomic E-state index is 12.9. The fourth-order valence-electron chi connectivity index (χ4n) is 1.99. The fourth-order valence-corrected chi connectivity index (χ4v) is 6.54. The van der Waals surface area contributed by atoms with E-state index in [-0.39, 0.29) is 15.6 Å². The summed E-state index contributed by atoms with van der Waals surface area (Å²) in [5.74, 6) is -7.60. The minimum atomic E-state index is -2.51. The number of primary amides is 2. The molecule has 0 aromatic heterocycles. The van der Waals surface area contributed by atoms with Crippen molar-refractivity contribution in [3.8, 4) is 0 Å². The number of carboxylic acid groups (broad SMARTS) is 2. The molecule has 1 aromatic rings. The molecular formula is C13H10I3N3O9. The highest BCUT2D eigenvalue weighted by Gasteiger charge is 2.39. The third-order valence-corrected chi connectivity index (χ3v) is 6.47. The summed E-state index contributed by atoms with van der Waals surface area (Å²) in [6.07, 6.45) is -5.02. The first-order valence-electron chi connectivity index (χ1n) is 6.70. The highest BCUT2D eigenvalue weighted by Crippen LogP contribution is 2.33. The fraction of sp³-hybridized carbons (Fsp3) is 0.154. The zero-order valence-electron chi connectivity index (χ0n) is 13.2. The molecule has 0 aliphatic rings. The van der Waals surface area contributed by atoms with Crippen molar-refractivity contribution in [2.45, 2.75) is 12.5 Å². The molecule has 0 radical (unpaired) electrons. The quantitative estimate of drug-likeness (QED) is 0.149. The molecule has 1 rings (SSSR count). The van der Waals surface area contributed by atoms with Crippen LogP contribution in [0.15, 0.2) is 0 Å². The highest BCUT2D eigenvalue weighted by molar-refractivity contribution is 14.1. The molecule has 152 valence electrons. The molecule has 0 heterocycles. The number of amides is 3. The number of carbonyl (C=O) groups excluding carboxylic acids is 3. The normalized spacial score (nSPS) is 12.8. The van der Waals surface area contributed by atoms with Crippen LogP contribution in [0.5, 0.6) is 0 Å². The summed E-state index contributed by atoms with van der Waals surface area (Å²) in [6, 6.07) is 0. The molecule has 8 N–H and O–H groups in total. The van der Waals surface area contributed by atoms with Gasteiger partial charge in [0.25, 0.3) is 17.7 Å². The Bertz CT molecular complexity index is 844. The Labute approximate surface area is 196 Å². The number of nitrogens with two attached hydrogens (primary N) is 2. The molecule has 0 bridgehead atoms. The van der Waals surface area contributed by atoms with Crippen LogP contribution in [0.4, 0.5) is 0 Å². The van der Waals surface area contributed by atoms with E-state index in [9.17, 15) is 44.4 Å². The summed E-state index contributed by atoms with van der Waals surface area (Å²) in [5.41, 5.74) is 8.15. The van der Waals surface area contributed by atoms with Gasteiger partial charge in [0.15, 0.2) is 0 Å². The van der Waals surface area contributed by atoms with Gasteiger partial charge in [-0.1, -0.05) is 0 Å². The number of benzene rings is 1. The predicted molar refractivity (Wildman–Crippen MR) is 115 cm³/mol. The number of halogens is 3. The van der Waals surface area contributed by atoms with Crippen molar-refractivity contribution >= 4 is 97.4 Å². The van der Waals surface area contributed by atoms with E-state index in [4.69, 9.17) is 11.5 Å². The van der Waals surface area contributed by atoms with Crippen LogP contribution in [0, 0.1) is 10.7 Å². The maximum atomic E-state index is 12.9. The number of aliphatic hydroxyl groups is 2. The van der Waals surface area contributed by atoms with Gasteiger partial charge >= 0.3 is 11.9 Å². The van der Waals surface area contributed by atoms with Gasteiger partial charge in [-0.2, -0.15) is 0 Å². The molecular weight excluding hydrogens is 723 g/mol.